The molecule has 0 aliphatic carbocycles. The second-order valence-electron chi connectivity index (χ2n) is 4.18. The highest BCUT2D eigenvalue weighted by molar-refractivity contribution is 7.84. The number of aliphatic hydroxyl groups is 1. The van der Waals surface area contributed by atoms with Crippen LogP contribution in [0.15, 0.2) is 54.9 Å². The van der Waals surface area contributed by atoms with Crippen LogP contribution in [0.2, 0.25) is 0 Å². The monoisotopic (exact) mass is 261 g/mol. The van der Waals surface area contributed by atoms with Gasteiger partial charge in [-0.2, -0.15) is 0 Å². The summed E-state index contributed by atoms with van der Waals surface area (Å²) in [6, 6.07) is 12.8. The number of nitrogens with zero attached hydrogens (tertiary/aromatic N) is 1. The molecular weight excluding hydrogens is 246 g/mol. The Kier molecular flexibility index (Phi) is 3.89. The van der Waals surface area contributed by atoms with Crippen molar-refractivity contribution in [2.24, 2.45) is 0 Å². The van der Waals surface area contributed by atoms with Crippen LogP contribution in [0.25, 0.3) is 0 Å². The molecular formula is C14H15NO2S. The second-order valence-corrected chi connectivity index (χ2v) is 5.61. The highest BCUT2D eigenvalue weighted by Gasteiger charge is 2.32. The highest BCUT2D eigenvalue weighted by atomic mass is 32.2. The van der Waals surface area contributed by atoms with E-state index in [1.165, 1.54) is 0 Å². The molecule has 1 aromatic heterocycles. The van der Waals surface area contributed by atoms with Crippen LogP contribution >= 0.6 is 0 Å². The average molecular weight is 261 g/mol. The molecule has 94 valence electrons. The van der Waals surface area contributed by atoms with Gasteiger partial charge < -0.3 is 5.11 Å². The van der Waals surface area contributed by atoms with Crippen LogP contribution in [0.5, 0.6) is 0 Å². The molecule has 0 saturated heterocycles. The molecule has 3 nitrogen and oxygen atoms in total. The lowest BCUT2D eigenvalue weighted by molar-refractivity contribution is 0.106. The topological polar surface area (TPSA) is 50.2 Å². The maximum Gasteiger partial charge on any atom is 0.126 e. The molecule has 0 unspecified atom stereocenters. The van der Waals surface area contributed by atoms with Gasteiger partial charge >= 0.3 is 0 Å². The van der Waals surface area contributed by atoms with Gasteiger partial charge in [0.15, 0.2) is 0 Å². The standard InChI is InChI=1S/C14H15NO2S/c1-18(17)11-14(16,12-5-3-2-4-6-12)13-7-9-15-10-8-13/h2-10,16H,11H2,1H3/t14-,18-/m1/s1. The van der Waals surface area contributed by atoms with E-state index in [1.54, 1.807) is 30.8 Å². The molecule has 2 aromatic rings. The molecule has 1 aromatic carbocycles. The molecule has 2 rings (SSSR count). The molecule has 1 N–H and O–H groups in total. The van der Waals surface area contributed by atoms with Crippen LogP contribution in [-0.4, -0.2) is 26.3 Å². The van der Waals surface area contributed by atoms with Crippen molar-refractivity contribution in [2.75, 3.05) is 12.0 Å². The van der Waals surface area contributed by atoms with Crippen molar-refractivity contribution >= 4 is 10.8 Å². The molecule has 0 amide bonds. The summed E-state index contributed by atoms with van der Waals surface area (Å²) in [5.41, 5.74) is 0.217. The zero-order chi connectivity index (χ0) is 13.0. The fraction of sp³-hybridized carbons (Fsp3) is 0.214. The Morgan fingerprint density at radius 3 is 2.22 bits per heavy atom. The average Bonchev–Trinajstić information content (AvgIpc) is 2.40. The molecule has 0 radical (unpaired) electrons. The SMILES string of the molecule is C[S@@](=O)C[C@@](O)(c1ccccc1)c1ccncc1. The van der Waals surface area contributed by atoms with Crippen LogP contribution < -0.4 is 0 Å². The van der Waals surface area contributed by atoms with Crippen molar-refractivity contribution < 1.29 is 9.32 Å². The molecule has 2 atom stereocenters. The molecule has 0 bridgehead atoms. The summed E-state index contributed by atoms with van der Waals surface area (Å²) in [4.78, 5) is 3.94. The first-order valence-corrected chi connectivity index (χ1v) is 7.34. The zero-order valence-corrected chi connectivity index (χ0v) is 10.9. The van der Waals surface area contributed by atoms with Crippen molar-refractivity contribution in [1.29, 1.82) is 0 Å². The summed E-state index contributed by atoms with van der Waals surface area (Å²) in [5.74, 6) is 0.168. The smallest absolute Gasteiger partial charge is 0.126 e. The Morgan fingerprint density at radius 1 is 1.11 bits per heavy atom. The van der Waals surface area contributed by atoms with Gasteiger partial charge in [-0.1, -0.05) is 30.3 Å². The summed E-state index contributed by atoms with van der Waals surface area (Å²) in [6.45, 7) is 0. The first kappa shape index (κ1) is 12.9. The summed E-state index contributed by atoms with van der Waals surface area (Å²) >= 11 is 0. The molecule has 0 saturated carbocycles. The Hall–Kier alpha value is -1.52. The third-order valence-electron chi connectivity index (χ3n) is 2.82. The number of hydrogen-bond acceptors (Lipinski definition) is 3. The van der Waals surface area contributed by atoms with E-state index in [0.717, 1.165) is 5.56 Å². The Bertz CT molecular complexity index is 489. The largest absolute Gasteiger partial charge is 0.379 e. The summed E-state index contributed by atoms with van der Waals surface area (Å²) in [6.07, 6.45) is 4.85. The van der Waals surface area contributed by atoms with Crippen LogP contribution in [0.4, 0.5) is 0 Å². The van der Waals surface area contributed by atoms with Gasteiger partial charge in [0.2, 0.25) is 0 Å². The van der Waals surface area contributed by atoms with Gasteiger partial charge in [-0.15, -0.1) is 0 Å². The first-order chi connectivity index (χ1) is 8.63. The lowest BCUT2D eigenvalue weighted by Crippen LogP contribution is -2.33. The predicted octanol–water partition coefficient (Wildman–Crippen LogP) is 1.70. The van der Waals surface area contributed by atoms with Gasteiger partial charge in [0.05, 0.1) is 5.75 Å². The molecule has 18 heavy (non-hydrogen) atoms. The van der Waals surface area contributed by atoms with Crippen LogP contribution in [0.1, 0.15) is 11.1 Å². The highest BCUT2D eigenvalue weighted by Crippen LogP contribution is 2.29. The number of benzene rings is 1. The number of rotatable bonds is 4. The Labute approximate surface area is 109 Å². The van der Waals surface area contributed by atoms with Gasteiger partial charge in [0, 0.05) is 29.4 Å². The fourth-order valence-corrected chi connectivity index (χ4v) is 2.89. The minimum Gasteiger partial charge on any atom is -0.379 e. The quantitative estimate of drug-likeness (QED) is 0.911. The van der Waals surface area contributed by atoms with E-state index in [0.29, 0.717) is 5.56 Å². The molecule has 0 spiro atoms. The Balaban J connectivity index is 2.51. The van der Waals surface area contributed by atoms with Gasteiger partial charge in [-0.3, -0.25) is 9.19 Å². The first-order valence-electron chi connectivity index (χ1n) is 5.61. The summed E-state index contributed by atoms with van der Waals surface area (Å²) in [5, 5.41) is 10.9. The Morgan fingerprint density at radius 2 is 1.67 bits per heavy atom. The maximum absolute atomic E-state index is 11.5. The van der Waals surface area contributed by atoms with E-state index in [-0.39, 0.29) is 5.75 Å². The summed E-state index contributed by atoms with van der Waals surface area (Å²) < 4.78 is 11.5. The second kappa shape index (κ2) is 5.42. The molecule has 4 heteroatoms. The zero-order valence-electron chi connectivity index (χ0n) is 10.1. The van der Waals surface area contributed by atoms with Crippen molar-refractivity contribution in [2.45, 2.75) is 5.60 Å². The lowest BCUT2D eigenvalue weighted by Gasteiger charge is -2.28. The fourth-order valence-electron chi connectivity index (χ4n) is 1.97. The minimum absolute atomic E-state index is 0.168. The van der Waals surface area contributed by atoms with Crippen LogP contribution in [0.3, 0.4) is 0 Å². The lowest BCUT2D eigenvalue weighted by atomic mass is 9.89. The number of aromatic nitrogens is 1. The van der Waals surface area contributed by atoms with E-state index in [9.17, 15) is 9.32 Å². The third-order valence-corrected chi connectivity index (χ3v) is 3.65. The van der Waals surface area contributed by atoms with Crippen molar-refractivity contribution in [3.05, 3.63) is 66.0 Å². The molecule has 1 heterocycles. The van der Waals surface area contributed by atoms with E-state index >= 15 is 0 Å². The van der Waals surface area contributed by atoms with Gasteiger partial charge in [0.25, 0.3) is 0 Å². The maximum atomic E-state index is 11.5. The van der Waals surface area contributed by atoms with Crippen LogP contribution in [-0.2, 0) is 16.4 Å². The number of hydrogen-bond donors (Lipinski definition) is 1. The van der Waals surface area contributed by atoms with E-state index in [4.69, 9.17) is 0 Å². The minimum atomic E-state index is -1.23. The number of pyridine rings is 1. The van der Waals surface area contributed by atoms with Crippen molar-refractivity contribution in [3.63, 3.8) is 0 Å². The molecule has 0 aliphatic heterocycles. The molecule has 0 aliphatic rings. The van der Waals surface area contributed by atoms with Gasteiger partial charge in [0.1, 0.15) is 5.60 Å². The van der Waals surface area contributed by atoms with Gasteiger partial charge in [-0.25, -0.2) is 0 Å². The van der Waals surface area contributed by atoms with Crippen LogP contribution in [0, 0.1) is 0 Å². The van der Waals surface area contributed by atoms with E-state index < -0.39 is 16.4 Å². The summed E-state index contributed by atoms with van der Waals surface area (Å²) in [7, 11) is -1.11. The third kappa shape index (κ3) is 2.66. The normalized spacial score (nSPS) is 15.9. The van der Waals surface area contributed by atoms with E-state index in [1.807, 2.05) is 30.3 Å². The predicted molar refractivity (Wildman–Crippen MR) is 72.6 cm³/mol. The van der Waals surface area contributed by atoms with Crippen molar-refractivity contribution in [3.8, 4) is 0 Å². The molecule has 0 fully saturated rings. The van der Waals surface area contributed by atoms with Gasteiger partial charge in [-0.05, 0) is 23.3 Å². The van der Waals surface area contributed by atoms with E-state index in [2.05, 4.69) is 4.98 Å². The van der Waals surface area contributed by atoms with Crippen molar-refractivity contribution in [1.82, 2.24) is 4.98 Å².